The molecule has 5 nitrogen and oxygen atoms in total. The van der Waals surface area contributed by atoms with Gasteiger partial charge in [-0.1, -0.05) is 24.2 Å². The SMILES string of the molecule is CCC(=NOC)C1=C(c2cccc(OC(C)=O)c2)CC2CCC1O2. The monoisotopic (exact) mass is 329 g/mol. The normalized spacial score (nSPS) is 23.4. The Bertz CT molecular complexity index is 692. The van der Waals surface area contributed by atoms with Crippen molar-refractivity contribution in [1.29, 1.82) is 0 Å². The Morgan fingerprint density at radius 3 is 2.92 bits per heavy atom. The zero-order valence-corrected chi connectivity index (χ0v) is 14.4. The number of carbonyl (C=O) groups excluding carboxylic acids is 1. The number of oxime groups is 1. The van der Waals surface area contributed by atoms with Crippen LogP contribution in [0.15, 0.2) is 35.0 Å². The molecule has 128 valence electrons. The summed E-state index contributed by atoms with van der Waals surface area (Å²) in [5.41, 5.74) is 4.34. The summed E-state index contributed by atoms with van der Waals surface area (Å²) in [6.45, 7) is 3.48. The maximum atomic E-state index is 11.2. The number of carbonyl (C=O) groups is 1. The van der Waals surface area contributed by atoms with Gasteiger partial charge in [0.05, 0.1) is 17.9 Å². The highest BCUT2D eigenvalue weighted by molar-refractivity contribution is 6.07. The van der Waals surface area contributed by atoms with E-state index in [1.54, 1.807) is 13.2 Å². The van der Waals surface area contributed by atoms with E-state index < -0.39 is 0 Å². The molecule has 1 fully saturated rings. The molecule has 2 atom stereocenters. The van der Waals surface area contributed by atoms with Crippen LogP contribution in [0.25, 0.3) is 5.57 Å². The summed E-state index contributed by atoms with van der Waals surface area (Å²) in [4.78, 5) is 16.3. The summed E-state index contributed by atoms with van der Waals surface area (Å²) >= 11 is 0. The lowest BCUT2D eigenvalue weighted by Gasteiger charge is -2.28. The molecule has 0 radical (unpaired) electrons. The molecule has 0 aliphatic carbocycles. The Hall–Kier alpha value is -2.14. The second-order valence-electron chi connectivity index (χ2n) is 6.12. The summed E-state index contributed by atoms with van der Waals surface area (Å²) in [6.07, 6.45) is 4.02. The molecule has 3 rings (SSSR count). The first-order valence-electron chi connectivity index (χ1n) is 8.40. The molecule has 0 saturated carbocycles. The van der Waals surface area contributed by atoms with E-state index in [1.807, 2.05) is 18.2 Å². The first-order chi connectivity index (χ1) is 11.6. The van der Waals surface area contributed by atoms with Crippen LogP contribution in [0.4, 0.5) is 0 Å². The van der Waals surface area contributed by atoms with Crippen LogP contribution in [0.5, 0.6) is 5.75 Å². The maximum absolute atomic E-state index is 11.2. The smallest absolute Gasteiger partial charge is 0.308 e. The quantitative estimate of drug-likeness (QED) is 0.357. The number of fused-ring (bicyclic) bond motifs is 2. The Kier molecular flexibility index (Phi) is 5.00. The molecule has 1 aromatic carbocycles. The van der Waals surface area contributed by atoms with E-state index in [4.69, 9.17) is 14.3 Å². The molecule has 0 N–H and O–H groups in total. The molecule has 0 spiro atoms. The summed E-state index contributed by atoms with van der Waals surface area (Å²) in [5, 5.41) is 4.22. The molecule has 0 amide bonds. The van der Waals surface area contributed by atoms with E-state index in [-0.39, 0.29) is 18.2 Å². The fourth-order valence-electron chi connectivity index (χ4n) is 3.56. The molecule has 1 saturated heterocycles. The van der Waals surface area contributed by atoms with Crippen molar-refractivity contribution < 1.29 is 19.1 Å². The Morgan fingerprint density at radius 2 is 2.21 bits per heavy atom. The number of esters is 1. The lowest BCUT2D eigenvalue weighted by molar-refractivity contribution is -0.131. The lowest BCUT2D eigenvalue weighted by Crippen LogP contribution is -2.26. The highest BCUT2D eigenvalue weighted by atomic mass is 16.6. The fourth-order valence-corrected chi connectivity index (χ4v) is 3.56. The minimum atomic E-state index is -0.316. The van der Waals surface area contributed by atoms with Crippen molar-refractivity contribution in [2.75, 3.05) is 7.11 Å². The van der Waals surface area contributed by atoms with Gasteiger partial charge in [0.2, 0.25) is 0 Å². The van der Waals surface area contributed by atoms with Crippen molar-refractivity contribution in [1.82, 2.24) is 0 Å². The summed E-state index contributed by atoms with van der Waals surface area (Å²) in [5.74, 6) is 0.246. The number of rotatable bonds is 5. The number of nitrogens with zero attached hydrogens (tertiary/aromatic N) is 1. The third-order valence-corrected chi connectivity index (χ3v) is 4.48. The summed E-state index contributed by atoms with van der Waals surface area (Å²) in [6, 6.07) is 7.67. The van der Waals surface area contributed by atoms with Crippen LogP contribution in [0.1, 0.15) is 45.1 Å². The Morgan fingerprint density at radius 1 is 1.38 bits per heavy atom. The average Bonchev–Trinajstić information content (AvgIpc) is 2.94. The number of ether oxygens (including phenoxy) is 2. The van der Waals surface area contributed by atoms with E-state index in [0.717, 1.165) is 42.5 Å². The largest absolute Gasteiger partial charge is 0.427 e. The van der Waals surface area contributed by atoms with Crippen LogP contribution in [-0.2, 0) is 14.4 Å². The molecule has 1 aromatic rings. The van der Waals surface area contributed by atoms with Crippen LogP contribution in [0.2, 0.25) is 0 Å². The highest BCUT2D eigenvalue weighted by Crippen LogP contribution is 2.42. The first kappa shape index (κ1) is 16.7. The van der Waals surface area contributed by atoms with Gasteiger partial charge >= 0.3 is 5.97 Å². The molecular formula is C19H23NO4. The van der Waals surface area contributed by atoms with Crippen molar-refractivity contribution in [2.45, 2.75) is 51.7 Å². The standard InChI is InChI=1S/C19H23NO4/c1-4-17(20-22-3)19-16(11-15-8-9-18(19)24-15)13-6-5-7-14(10-13)23-12(2)21/h5-7,10,15,18H,4,8-9,11H2,1-3H3. The van der Waals surface area contributed by atoms with Gasteiger partial charge in [0, 0.05) is 12.5 Å². The maximum Gasteiger partial charge on any atom is 0.308 e. The Labute approximate surface area is 142 Å². The van der Waals surface area contributed by atoms with Gasteiger partial charge in [-0.15, -0.1) is 0 Å². The van der Waals surface area contributed by atoms with E-state index >= 15 is 0 Å². The molecule has 2 aliphatic heterocycles. The molecule has 2 heterocycles. The van der Waals surface area contributed by atoms with Crippen LogP contribution in [0.3, 0.4) is 0 Å². The molecule has 2 unspecified atom stereocenters. The average molecular weight is 329 g/mol. The van der Waals surface area contributed by atoms with Crippen molar-refractivity contribution in [2.24, 2.45) is 5.16 Å². The minimum Gasteiger partial charge on any atom is -0.427 e. The predicted octanol–water partition coefficient (Wildman–Crippen LogP) is 3.73. The third kappa shape index (κ3) is 3.36. The number of hydrogen-bond donors (Lipinski definition) is 0. The highest BCUT2D eigenvalue weighted by Gasteiger charge is 2.37. The van der Waals surface area contributed by atoms with Gasteiger partial charge in [-0.05, 0) is 49.0 Å². The van der Waals surface area contributed by atoms with Crippen molar-refractivity contribution >= 4 is 17.3 Å². The van der Waals surface area contributed by atoms with Crippen molar-refractivity contribution in [3.05, 3.63) is 35.4 Å². The molecule has 24 heavy (non-hydrogen) atoms. The van der Waals surface area contributed by atoms with Crippen molar-refractivity contribution in [3.63, 3.8) is 0 Å². The van der Waals surface area contributed by atoms with E-state index in [0.29, 0.717) is 5.75 Å². The summed E-state index contributed by atoms with van der Waals surface area (Å²) in [7, 11) is 1.57. The Balaban J connectivity index is 2.07. The minimum absolute atomic E-state index is 0.0741. The van der Waals surface area contributed by atoms with Gasteiger partial charge in [-0.2, -0.15) is 0 Å². The second-order valence-corrected chi connectivity index (χ2v) is 6.12. The van der Waals surface area contributed by atoms with Gasteiger partial charge in [0.1, 0.15) is 12.9 Å². The zero-order chi connectivity index (χ0) is 17.1. The third-order valence-electron chi connectivity index (χ3n) is 4.48. The first-order valence-corrected chi connectivity index (χ1v) is 8.40. The van der Waals surface area contributed by atoms with Gasteiger partial charge in [-0.25, -0.2) is 0 Å². The van der Waals surface area contributed by atoms with E-state index in [9.17, 15) is 4.79 Å². The predicted molar refractivity (Wildman–Crippen MR) is 91.9 cm³/mol. The van der Waals surface area contributed by atoms with Crippen LogP contribution >= 0.6 is 0 Å². The molecule has 2 bridgehead atoms. The molecule has 0 aromatic heterocycles. The van der Waals surface area contributed by atoms with Gasteiger partial charge in [-0.3, -0.25) is 4.79 Å². The van der Waals surface area contributed by atoms with E-state index in [2.05, 4.69) is 12.1 Å². The second kappa shape index (κ2) is 7.18. The molecule has 5 heteroatoms. The van der Waals surface area contributed by atoms with Gasteiger partial charge in [0.25, 0.3) is 0 Å². The van der Waals surface area contributed by atoms with Crippen LogP contribution < -0.4 is 4.74 Å². The van der Waals surface area contributed by atoms with Gasteiger partial charge in [0.15, 0.2) is 0 Å². The zero-order valence-electron chi connectivity index (χ0n) is 14.4. The van der Waals surface area contributed by atoms with E-state index in [1.165, 1.54) is 12.5 Å². The molecular weight excluding hydrogens is 306 g/mol. The topological polar surface area (TPSA) is 57.1 Å². The van der Waals surface area contributed by atoms with Crippen LogP contribution in [-0.4, -0.2) is 31.0 Å². The summed E-state index contributed by atoms with van der Waals surface area (Å²) < 4.78 is 11.3. The number of benzene rings is 1. The lowest BCUT2D eigenvalue weighted by atomic mass is 9.88. The van der Waals surface area contributed by atoms with Gasteiger partial charge < -0.3 is 14.3 Å². The molecule has 2 aliphatic rings. The fraction of sp³-hybridized carbons (Fsp3) is 0.474. The van der Waals surface area contributed by atoms with Crippen LogP contribution in [0, 0.1) is 0 Å². The number of hydrogen-bond acceptors (Lipinski definition) is 5. The van der Waals surface area contributed by atoms with Crippen molar-refractivity contribution in [3.8, 4) is 5.75 Å².